The average molecular weight is 231 g/mol. The highest BCUT2D eigenvalue weighted by Crippen LogP contribution is 2.29. The Morgan fingerprint density at radius 3 is 2.87 bits per heavy atom. The molecule has 0 aliphatic carbocycles. The molecule has 15 heavy (non-hydrogen) atoms. The number of carbonyl (C=O) groups excluding carboxylic acids is 1. The van der Waals surface area contributed by atoms with Gasteiger partial charge in [-0.3, -0.25) is 4.79 Å². The van der Waals surface area contributed by atoms with Crippen molar-refractivity contribution in [2.75, 3.05) is 32.1 Å². The van der Waals surface area contributed by atoms with E-state index in [1.165, 1.54) is 0 Å². The van der Waals surface area contributed by atoms with Gasteiger partial charge in [-0.15, -0.1) is 0 Å². The lowest BCUT2D eigenvalue weighted by molar-refractivity contribution is -0.136. The summed E-state index contributed by atoms with van der Waals surface area (Å²) in [5.74, 6) is 1.17. The minimum atomic E-state index is 0.136. The maximum Gasteiger partial charge on any atom is 0.248 e. The third-order valence-electron chi connectivity index (χ3n) is 2.35. The number of carbonyl (C=O) groups is 1. The number of ether oxygens (including phenoxy) is 1. The molecule has 1 amide bonds. The Bertz CT molecular complexity index is 219. The summed E-state index contributed by atoms with van der Waals surface area (Å²) < 4.78 is 5.46. The maximum absolute atomic E-state index is 11.8. The summed E-state index contributed by atoms with van der Waals surface area (Å²) in [6.07, 6.45) is 0.967. The summed E-state index contributed by atoms with van der Waals surface area (Å²) in [5.41, 5.74) is 0. The second kappa shape index (κ2) is 5.75. The number of amides is 1. The first-order chi connectivity index (χ1) is 7.05. The van der Waals surface area contributed by atoms with Crippen molar-refractivity contribution in [1.82, 2.24) is 4.90 Å². The zero-order valence-corrected chi connectivity index (χ0v) is 10.7. The molecule has 1 fully saturated rings. The van der Waals surface area contributed by atoms with E-state index < -0.39 is 0 Å². The van der Waals surface area contributed by atoms with Crippen LogP contribution in [0.25, 0.3) is 0 Å². The van der Waals surface area contributed by atoms with Gasteiger partial charge in [-0.1, -0.05) is 6.92 Å². The lowest BCUT2D eigenvalue weighted by Gasteiger charge is -2.37. The molecule has 0 radical (unpaired) electrons. The van der Waals surface area contributed by atoms with Crippen LogP contribution in [-0.2, 0) is 9.53 Å². The van der Waals surface area contributed by atoms with Crippen LogP contribution in [0.5, 0.6) is 0 Å². The van der Waals surface area contributed by atoms with Gasteiger partial charge >= 0.3 is 0 Å². The van der Waals surface area contributed by atoms with E-state index in [0.29, 0.717) is 6.61 Å². The zero-order valence-electron chi connectivity index (χ0n) is 9.91. The highest BCUT2D eigenvalue weighted by atomic mass is 32.2. The van der Waals surface area contributed by atoms with E-state index in [9.17, 15) is 4.79 Å². The van der Waals surface area contributed by atoms with Crippen molar-refractivity contribution in [3.05, 3.63) is 0 Å². The molecule has 0 N–H and O–H groups in total. The average Bonchev–Trinajstić information content (AvgIpc) is 2.16. The fourth-order valence-electron chi connectivity index (χ4n) is 1.62. The lowest BCUT2D eigenvalue weighted by Crippen LogP contribution is -2.47. The second-order valence-electron chi connectivity index (χ2n) is 4.48. The highest BCUT2D eigenvalue weighted by molar-refractivity contribution is 8.00. The molecule has 1 rings (SSSR count). The van der Waals surface area contributed by atoms with Crippen molar-refractivity contribution < 1.29 is 9.53 Å². The molecule has 0 bridgehead atoms. The minimum absolute atomic E-state index is 0.136. The van der Waals surface area contributed by atoms with E-state index in [4.69, 9.17) is 4.74 Å². The summed E-state index contributed by atoms with van der Waals surface area (Å²) >= 11 is 1.94. The van der Waals surface area contributed by atoms with E-state index in [2.05, 4.69) is 13.8 Å². The Kier molecular flexibility index (Phi) is 4.93. The number of rotatable bonds is 4. The first kappa shape index (κ1) is 12.8. The van der Waals surface area contributed by atoms with Gasteiger partial charge in [-0.25, -0.2) is 0 Å². The number of thioether (sulfide) groups is 1. The molecule has 0 aromatic rings. The fraction of sp³-hybridized carbons (Fsp3) is 0.909. The van der Waals surface area contributed by atoms with E-state index in [0.717, 1.165) is 25.3 Å². The van der Waals surface area contributed by atoms with Crippen LogP contribution in [0.15, 0.2) is 0 Å². The van der Waals surface area contributed by atoms with Crippen LogP contribution in [0.2, 0.25) is 0 Å². The number of nitrogens with zero attached hydrogens (tertiary/aromatic N) is 1. The Balaban J connectivity index is 2.32. The highest BCUT2D eigenvalue weighted by Gasteiger charge is 2.29. The normalized spacial score (nSPS) is 20.3. The van der Waals surface area contributed by atoms with Crippen LogP contribution in [0, 0.1) is 0 Å². The predicted octanol–water partition coefficient (Wildman–Crippen LogP) is 1.77. The van der Waals surface area contributed by atoms with Gasteiger partial charge in [0.25, 0.3) is 0 Å². The largest absolute Gasteiger partial charge is 0.372 e. The smallest absolute Gasteiger partial charge is 0.248 e. The zero-order chi connectivity index (χ0) is 11.3. The van der Waals surface area contributed by atoms with E-state index >= 15 is 0 Å². The van der Waals surface area contributed by atoms with Crippen LogP contribution in [0.1, 0.15) is 27.2 Å². The summed E-state index contributed by atoms with van der Waals surface area (Å²) in [7, 11) is 0. The summed E-state index contributed by atoms with van der Waals surface area (Å²) in [5, 5.41) is 0. The summed E-state index contributed by atoms with van der Waals surface area (Å²) in [6.45, 7) is 9.04. The molecule has 88 valence electrons. The minimum Gasteiger partial charge on any atom is -0.372 e. The molecular formula is C11H21NO2S. The molecule has 0 saturated carbocycles. The van der Waals surface area contributed by atoms with Crippen LogP contribution in [0.4, 0.5) is 0 Å². The Hall–Kier alpha value is -0.220. The van der Waals surface area contributed by atoms with Gasteiger partial charge in [0.05, 0.1) is 0 Å². The summed E-state index contributed by atoms with van der Waals surface area (Å²) in [4.78, 5) is 13.7. The predicted molar refractivity (Wildman–Crippen MR) is 64.2 cm³/mol. The van der Waals surface area contributed by atoms with Crippen LogP contribution in [0.3, 0.4) is 0 Å². The number of hydrogen-bond acceptors (Lipinski definition) is 3. The molecule has 0 aromatic carbocycles. The van der Waals surface area contributed by atoms with Crippen molar-refractivity contribution in [3.63, 3.8) is 0 Å². The Morgan fingerprint density at radius 2 is 2.27 bits per heavy atom. The van der Waals surface area contributed by atoms with Gasteiger partial charge in [0.2, 0.25) is 5.91 Å². The first-order valence-corrected chi connectivity index (χ1v) is 6.53. The molecule has 0 atom stereocenters. The molecule has 1 heterocycles. The molecular weight excluding hydrogens is 210 g/mol. The Morgan fingerprint density at radius 1 is 1.53 bits per heavy atom. The van der Waals surface area contributed by atoms with Gasteiger partial charge in [0.15, 0.2) is 0 Å². The quantitative estimate of drug-likeness (QED) is 0.691. The van der Waals surface area contributed by atoms with Crippen LogP contribution in [-0.4, -0.2) is 47.6 Å². The van der Waals surface area contributed by atoms with Crippen molar-refractivity contribution in [3.8, 4) is 0 Å². The van der Waals surface area contributed by atoms with Gasteiger partial charge in [-0.2, -0.15) is 11.8 Å². The molecule has 0 aromatic heterocycles. The van der Waals surface area contributed by atoms with E-state index in [1.807, 2.05) is 23.6 Å². The molecule has 3 nitrogen and oxygen atoms in total. The third kappa shape index (κ3) is 4.43. The van der Waals surface area contributed by atoms with Crippen LogP contribution >= 0.6 is 11.8 Å². The van der Waals surface area contributed by atoms with Crippen molar-refractivity contribution in [2.24, 2.45) is 0 Å². The van der Waals surface area contributed by atoms with E-state index in [1.54, 1.807) is 0 Å². The second-order valence-corrected chi connectivity index (χ2v) is 6.28. The maximum atomic E-state index is 11.8. The SMILES string of the molecule is CCCOCC(=O)N1CCSC(C)(C)C1. The monoisotopic (exact) mass is 231 g/mol. The first-order valence-electron chi connectivity index (χ1n) is 5.54. The molecule has 1 aliphatic rings. The molecule has 1 saturated heterocycles. The standard InChI is InChI=1S/C11H21NO2S/c1-4-6-14-8-10(13)12-5-7-15-11(2,3)9-12/h4-9H2,1-3H3. The topological polar surface area (TPSA) is 29.5 Å². The molecule has 0 spiro atoms. The van der Waals surface area contributed by atoms with Gasteiger partial charge in [0, 0.05) is 30.2 Å². The van der Waals surface area contributed by atoms with Crippen molar-refractivity contribution >= 4 is 17.7 Å². The molecule has 4 heteroatoms. The lowest BCUT2D eigenvalue weighted by atomic mass is 10.2. The summed E-state index contributed by atoms with van der Waals surface area (Å²) in [6, 6.07) is 0. The molecule has 1 aliphatic heterocycles. The number of hydrogen-bond donors (Lipinski definition) is 0. The third-order valence-corrected chi connectivity index (χ3v) is 3.65. The van der Waals surface area contributed by atoms with Gasteiger partial charge in [0.1, 0.15) is 6.61 Å². The molecule has 0 unspecified atom stereocenters. The fourth-order valence-corrected chi connectivity index (χ4v) is 2.74. The van der Waals surface area contributed by atoms with Gasteiger partial charge in [-0.05, 0) is 20.3 Å². The van der Waals surface area contributed by atoms with Gasteiger partial charge < -0.3 is 9.64 Å². The van der Waals surface area contributed by atoms with Crippen molar-refractivity contribution in [2.45, 2.75) is 31.9 Å². The van der Waals surface area contributed by atoms with E-state index in [-0.39, 0.29) is 17.3 Å². The Labute approximate surface area is 96.5 Å². The van der Waals surface area contributed by atoms with Crippen molar-refractivity contribution in [1.29, 1.82) is 0 Å². The van der Waals surface area contributed by atoms with Crippen LogP contribution < -0.4 is 0 Å².